The molecule has 2 amide bonds. The van der Waals surface area contributed by atoms with Crippen LogP contribution >= 0.6 is 11.8 Å². The van der Waals surface area contributed by atoms with Crippen molar-refractivity contribution in [2.45, 2.75) is 88.8 Å². The molecule has 3 rings (SSSR count). The van der Waals surface area contributed by atoms with Gasteiger partial charge >= 0.3 is 5.97 Å². The smallest absolute Gasteiger partial charge is 0.308 e. The maximum atomic E-state index is 14.5. The first kappa shape index (κ1) is 27.1. The molecule has 3 heterocycles. The zero-order valence-electron chi connectivity index (χ0n) is 21.5. The third-order valence-electron chi connectivity index (χ3n) is 7.84. The van der Waals surface area contributed by atoms with Gasteiger partial charge in [-0.05, 0) is 50.9 Å². The Balaban J connectivity index is 2.08. The molecule has 34 heavy (non-hydrogen) atoms. The van der Waals surface area contributed by atoms with Crippen LogP contribution in [0.1, 0.15) is 67.2 Å². The zero-order valence-corrected chi connectivity index (χ0v) is 22.4. The highest BCUT2D eigenvalue weighted by atomic mass is 32.2. The summed E-state index contributed by atoms with van der Waals surface area (Å²) in [6.45, 7) is 17.2. The number of likely N-dealkylation sites (tertiary alicyclic amines) is 1. The van der Waals surface area contributed by atoms with Gasteiger partial charge in [-0.3, -0.25) is 14.4 Å². The molecular weight excluding hydrogens is 452 g/mol. The van der Waals surface area contributed by atoms with Gasteiger partial charge in [0.2, 0.25) is 11.8 Å². The number of carboxylic acid groups (broad SMARTS) is 1. The lowest BCUT2D eigenvalue weighted by molar-refractivity contribution is -0.149. The van der Waals surface area contributed by atoms with Gasteiger partial charge in [0.25, 0.3) is 0 Å². The van der Waals surface area contributed by atoms with Crippen LogP contribution in [0.15, 0.2) is 12.7 Å². The van der Waals surface area contributed by atoms with Crippen LogP contribution in [0.3, 0.4) is 0 Å². The molecule has 3 unspecified atom stereocenters. The molecule has 8 heteroatoms. The maximum absolute atomic E-state index is 14.5. The van der Waals surface area contributed by atoms with Crippen LogP contribution in [-0.4, -0.2) is 79.1 Å². The van der Waals surface area contributed by atoms with Gasteiger partial charge in [-0.15, -0.1) is 18.3 Å². The average Bonchev–Trinajstić information content (AvgIpc) is 3.28. The highest BCUT2D eigenvalue weighted by Gasteiger charge is 2.76. The van der Waals surface area contributed by atoms with Crippen LogP contribution in [0, 0.1) is 23.2 Å². The van der Waals surface area contributed by atoms with Gasteiger partial charge in [0.15, 0.2) is 0 Å². The summed E-state index contributed by atoms with van der Waals surface area (Å²) in [5, 5.41) is 19.2. The highest BCUT2D eigenvalue weighted by molar-refractivity contribution is 8.02. The summed E-state index contributed by atoms with van der Waals surface area (Å²) in [5.74, 6) is -2.66. The van der Waals surface area contributed by atoms with Crippen molar-refractivity contribution in [1.82, 2.24) is 9.80 Å². The van der Waals surface area contributed by atoms with Crippen LogP contribution in [0.25, 0.3) is 0 Å². The molecule has 3 saturated heterocycles. The van der Waals surface area contributed by atoms with Crippen molar-refractivity contribution in [1.29, 1.82) is 0 Å². The van der Waals surface area contributed by atoms with Crippen LogP contribution in [0.2, 0.25) is 0 Å². The molecule has 0 aliphatic carbocycles. The number of aliphatic hydroxyl groups is 1. The molecule has 7 nitrogen and oxygen atoms in total. The van der Waals surface area contributed by atoms with Crippen molar-refractivity contribution in [3.05, 3.63) is 12.7 Å². The Morgan fingerprint density at radius 2 is 1.91 bits per heavy atom. The number of hydrogen-bond acceptors (Lipinski definition) is 5. The Morgan fingerprint density at radius 1 is 1.26 bits per heavy atom. The number of hydrogen-bond donors (Lipinski definition) is 2. The van der Waals surface area contributed by atoms with Crippen molar-refractivity contribution in [3.63, 3.8) is 0 Å². The van der Waals surface area contributed by atoms with Gasteiger partial charge in [-0.2, -0.15) is 0 Å². The van der Waals surface area contributed by atoms with Crippen molar-refractivity contribution in [3.8, 4) is 0 Å². The van der Waals surface area contributed by atoms with E-state index in [0.29, 0.717) is 32.4 Å². The van der Waals surface area contributed by atoms with E-state index in [1.807, 2.05) is 4.90 Å². The summed E-state index contributed by atoms with van der Waals surface area (Å²) in [6, 6.07) is -0.711. The molecule has 2 N–H and O–H groups in total. The Kier molecular flexibility index (Phi) is 7.55. The number of carbonyl (C=O) groups is 3. The number of fused-ring (bicyclic) bond motifs is 1. The number of carboxylic acids is 1. The SMILES string of the molecule is C=CCN(C(=O)C1N(CCCCO)C(=O)[C@@H]2[C@@H](C(=O)O)[C@H]3CC(C)C12S3)C(C)(C)CC(C)(C)C. The summed E-state index contributed by atoms with van der Waals surface area (Å²) >= 11 is 1.57. The monoisotopic (exact) mass is 494 g/mol. The molecule has 2 bridgehead atoms. The topological polar surface area (TPSA) is 98.2 Å². The van der Waals surface area contributed by atoms with Crippen LogP contribution in [0.5, 0.6) is 0 Å². The van der Waals surface area contributed by atoms with Gasteiger partial charge in [-0.25, -0.2) is 0 Å². The average molecular weight is 495 g/mol. The lowest BCUT2D eigenvalue weighted by atomic mass is 9.66. The molecule has 3 fully saturated rings. The van der Waals surface area contributed by atoms with Gasteiger partial charge in [0, 0.05) is 30.5 Å². The first-order chi connectivity index (χ1) is 15.7. The fraction of sp³-hybridized carbons (Fsp3) is 0.808. The number of unbranched alkanes of at least 4 members (excludes halogenated alkanes) is 1. The molecule has 1 spiro atoms. The van der Waals surface area contributed by atoms with Crippen molar-refractivity contribution < 1.29 is 24.6 Å². The summed E-state index contributed by atoms with van der Waals surface area (Å²) < 4.78 is -0.738. The minimum absolute atomic E-state index is 0.0153. The molecule has 0 aromatic rings. The molecule has 0 radical (unpaired) electrons. The van der Waals surface area contributed by atoms with Gasteiger partial charge < -0.3 is 20.0 Å². The second-order valence-corrected chi connectivity index (χ2v) is 13.7. The van der Waals surface area contributed by atoms with E-state index in [1.54, 1.807) is 22.7 Å². The Labute approximate surface area is 208 Å². The summed E-state index contributed by atoms with van der Waals surface area (Å²) in [4.78, 5) is 44.0. The Hall–Kier alpha value is -1.54. The quantitative estimate of drug-likeness (QED) is 0.357. The van der Waals surface area contributed by atoms with E-state index in [1.165, 1.54) is 0 Å². The van der Waals surface area contributed by atoms with Gasteiger partial charge in [0.1, 0.15) is 6.04 Å². The number of aliphatic hydroxyl groups excluding tert-OH is 1. The van der Waals surface area contributed by atoms with E-state index in [9.17, 15) is 24.6 Å². The Bertz CT molecular complexity index is 838. The molecule has 0 saturated carbocycles. The number of aliphatic carboxylic acids is 1. The summed E-state index contributed by atoms with van der Waals surface area (Å²) in [6.07, 6.45) is 4.30. The fourth-order valence-electron chi connectivity index (χ4n) is 7.02. The summed E-state index contributed by atoms with van der Waals surface area (Å²) in [7, 11) is 0. The van der Waals surface area contributed by atoms with Crippen LogP contribution in [-0.2, 0) is 14.4 Å². The normalized spacial score (nSPS) is 32.7. The zero-order chi connectivity index (χ0) is 25.6. The van der Waals surface area contributed by atoms with E-state index in [-0.39, 0.29) is 35.0 Å². The first-order valence-electron chi connectivity index (χ1n) is 12.5. The highest BCUT2D eigenvalue weighted by Crippen LogP contribution is 2.68. The van der Waals surface area contributed by atoms with E-state index in [2.05, 4.69) is 48.1 Å². The first-order valence-corrected chi connectivity index (χ1v) is 13.3. The molecule has 3 aliphatic heterocycles. The second-order valence-electron chi connectivity index (χ2n) is 12.1. The van der Waals surface area contributed by atoms with Crippen molar-refractivity contribution in [2.75, 3.05) is 19.7 Å². The lowest BCUT2D eigenvalue weighted by Gasteiger charge is -2.46. The van der Waals surface area contributed by atoms with Gasteiger partial charge in [-0.1, -0.05) is 33.8 Å². The maximum Gasteiger partial charge on any atom is 0.308 e. The predicted octanol–water partition coefficient (Wildman–Crippen LogP) is 3.41. The molecule has 3 aliphatic rings. The second kappa shape index (κ2) is 9.49. The van der Waals surface area contributed by atoms with Crippen molar-refractivity contribution in [2.24, 2.45) is 23.2 Å². The third kappa shape index (κ3) is 4.41. The van der Waals surface area contributed by atoms with E-state index >= 15 is 0 Å². The lowest BCUT2D eigenvalue weighted by Crippen LogP contribution is -2.61. The van der Waals surface area contributed by atoms with E-state index < -0.39 is 34.1 Å². The minimum Gasteiger partial charge on any atom is -0.481 e. The summed E-state index contributed by atoms with van der Waals surface area (Å²) in [5.41, 5.74) is -0.493. The minimum atomic E-state index is -0.941. The van der Waals surface area contributed by atoms with E-state index in [0.717, 1.165) is 6.42 Å². The number of nitrogens with zero attached hydrogens (tertiary/aromatic N) is 2. The van der Waals surface area contributed by atoms with Crippen molar-refractivity contribution >= 4 is 29.5 Å². The number of rotatable bonds is 10. The molecular formula is C26H42N2O5S. The molecule has 0 aromatic heterocycles. The fourth-order valence-corrected chi connectivity index (χ4v) is 9.43. The third-order valence-corrected chi connectivity index (χ3v) is 9.92. The van der Waals surface area contributed by atoms with Gasteiger partial charge in [0.05, 0.1) is 16.6 Å². The molecule has 192 valence electrons. The largest absolute Gasteiger partial charge is 0.481 e. The molecule has 6 atom stereocenters. The number of thioether (sulfide) groups is 1. The number of carbonyl (C=O) groups excluding carboxylic acids is 2. The standard InChI is InChI=1S/C26H42N2O5S/c1-8-11-28(25(6,7)15-24(3,4)5)22(31)20-26-16(2)14-17(34-26)18(23(32)33)19(26)21(30)27(20)12-9-10-13-29/h8,16-20,29H,1,9-15H2,2-7H3,(H,32,33)/t16?,17-,18+,19+,20?,26?/m1/s1. The Morgan fingerprint density at radius 3 is 2.44 bits per heavy atom. The molecule has 0 aromatic carbocycles. The van der Waals surface area contributed by atoms with Crippen LogP contribution in [0.4, 0.5) is 0 Å². The van der Waals surface area contributed by atoms with E-state index in [4.69, 9.17) is 0 Å². The predicted molar refractivity (Wildman–Crippen MR) is 134 cm³/mol. The van der Waals surface area contributed by atoms with Crippen LogP contribution < -0.4 is 0 Å². The number of amides is 2.